The fraction of sp³-hybridized carbons (Fsp3) is 0.933. The van der Waals surface area contributed by atoms with E-state index in [0.717, 1.165) is 0 Å². The fourth-order valence-electron chi connectivity index (χ4n) is 1.35. The van der Waals surface area contributed by atoms with E-state index in [1.165, 1.54) is 0 Å². The summed E-state index contributed by atoms with van der Waals surface area (Å²) in [5.41, 5.74) is 0. The molecule has 0 fully saturated rings. The molecule has 7 heteroatoms. The molecular weight excluding hydrogens is 290 g/mol. The number of ether oxygens (including phenoxy) is 5. The van der Waals surface area contributed by atoms with Crippen LogP contribution in [0.25, 0.3) is 0 Å². The van der Waals surface area contributed by atoms with Crippen LogP contribution in [-0.4, -0.2) is 79.0 Å². The first kappa shape index (κ1) is 21.3. The Morgan fingerprint density at radius 2 is 1.18 bits per heavy atom. The maximum Gasteiger partial charge on any atom is 0.222 e. The number of rotatable bonds is 16. The van der Waals surface area contributed by atoms with Crippen molar-refractivity contribution in [2.75, 3.05) is 73.1 Å². The van der Waals surface area contributed by atoms with Crippen molar-refractivity contribution in [3.8, 4) is 0 Å². The van der Waals surface area contributed by atoms with Gasteiger partial charge in [-0.2, -0.15) is 0 Å². The molecule has 0 aliphatic heterocycles. The lowest BCUT2D eigenvalue weighted by Gasteiger charge is -2.09. The Labute approximate surface area is 133 Å². The minimum atomic E-state index is 0.00807. The molecule has 7 nitrogen and oxygen atoms in total. The Balaban J connectivity index is 3.04. The van der Waals surface area contributed by atoms with Gasteiger partial charge < -0.3 is 29.0 Å². The summed E-state index contributed by atoms with van der Waals surface area (Å²) in [6.45, 7) is 9.16. The molecule has 132 valence electrons. The molecule has 0 spiro atoms. The van der Waals surface area contributed by atoms with Crippen molar-refractivity contribution in [3.63, 3.8) is 0 Å². The van der Waals surface area contributed by atoms with Crippen LogP contribution < -0.4 is 5.32 Å². The maximum atomic E-state index is 11.3. The van der Waals surface area contributed by atoms with Gasteiger partial charge in [0.05, 0.1) is 59.5 Å². The van der Waals surface area contributed by atoms with Crippen LogP contribution in [0.15, 0.2) is 0 Å². The molecule has 0 aromatic carbocycles. The van der Waals surface area contributed by atoms with Crippen molar-refractivity contribution in [1.82, 2.24) is 5.32 Å². The van der Waals surface area contributed by atoms with E-state index in [9.17, 15) is 4.79 Å². The van der Waals surface area contributed by atoms with E-state index in [-0.39, 0.29) is 11.8 Å². The van der Waals surface area contributed by atoms with E-state index in [1.807, 2.05) is 13.8 Å². The van der Waals surface area contributed by atoms with Crippen LogP contribution in [0.5, 0.6) is 0 Å². The minimum Gasteiger partial charge on any atom is -0.382 e. The van der Waals surface area contributed by atoms with Gasteiger partial charge in [0.1, 0.15) is 0 Å². The van der Waals surface area contributed by atoms with Crippen LogP contribution in [0.4, 0.5) is 0 Å². The molecule has 0 unspecified atom stereocenters. The van der Waals surface area contributed by atoms with Gasteiger partial charge in [0, 0.05) is 19.6 Å². The van der Waals surface area contributed by atoms with Crippen molar-refractivity contribution in [2.45, 2.75) is 13.8 Å². The highest BCUT2D eigenvalue weighted by Gasteiger charge is 2.04. The zero-order valence-electron chi connectivity index (χ0n) is 14.1. The van der Waals surface area contributed by atoms with Gasteiger partial charge >= 0.3 is 0 Å². The van der Waals surface area contributed by atoms with Crippen LogP contribution in [0.1, 0.15) is 13.8 Å². The topological polar surface area (TPSA) is 75.2 Å². The van der Waals surface area contributed by atoms with E-state index in [4.69, 9.17) is 23.7 Å². The molecule has 22 heavy (non-hydrogen) atoms. The Bertz CT molecular complexity index is 250. The quantitative estimate of drug-likeness (QED) is 0.417. The average Bonchev–Trinajstić information content (AvgIpc) is 2.50. The summed E-state index contributed by atoms with van der Waals surface area (Å²) in [7, 11) is 1.64. The highest BCUT2D eigenvalue weighted by Crippen LogP contribution is 1.89. The SMILES string of the molecule is COCCOCCOCCOCCOCCNC(=O)C(C)C. The molecule has 0 atom stereocenters. The van der Waals surface area contributed by atoms with Gasteiger partial charge in [-0.15, -0.1) is 0 Å². The Hall–Kier alpha value is -0.730. The minimum absolute atomic E-state index is 0.00807. The van der Waals surface area contributed by atoms with Crippen molar-refractivity contribution in [1.29, 1.82) is 0 Å². The number of carbonyl (C=O) groups excluding carboxylic acids is 1. The lowest BCUT2D eigenvalue weighted by atomic mass is 10.2. The molecule has 0 radical (unpaired) electrons. The number of hydrogen-bond acceptors (Lipinski definition) is 6. The lowest BCUT2D eigenvalue weighted by molar-refractivity contribution is -0.124. The summed E-state index contributed by atoms with van der Waals surface area (Å²) in [6.07, 6.45) is 0. The molecule has 0 aliphatic rings. The Kier molecular flexibility index (Phi) is 16.1. The van der Waals surface area contributed by atoms with Gasteiger partial charge in [0.25, 0.3) is 0 Å². The molecule has 0 aromatic rings. The zero-order valence-corrected chi connectivity index (χ0v) is 14.1. The second kappa shape index (κ2) is 16.6. The van der Waals surface area contributed by atoms with Crippen molar-refractivity contribution >= 4 is 5.91 Å². The van der Waals surface area contributed by atoms with E-state index >= 15 is 0 Å². The molecular formula is C15H31NO6. The summed E-state index contributed by atoms with van der Waals surface area (Å²) in [4.78, 5) is 11.3. The predicted molar refractivity (Wildman–Crippen MR) is 83.0 cm³/mol. The van der Waals surface area contributed by atoms with Gasteiger partial charge in [0.2, 0.25) is 5.91 Å². The van der Waals surface area contributed by atoms with Crippen LogP contribution in [-0.2, 0) is 28.5 Å². The number of nitrogens with one attached hydrogen (secondary N) is 1. The molecule has 0 rings (SSSR count). The third kappa shape index (κ3) is 15.7. The van der Waals surface area contributed by atoms with E-state index < -0.39 is 0 Å². The summed E-state index contributed by atoms with van der Waals surface area (Å²) < 4.78 is 26.1. The highest BCUT2D eigenvalue weighted by molar-refractivity contribution is 5.77. The van der Waals surface area contributed by atoms with Crippen molar-refractivity contribution < 1.29 is 28.5 Å². The standard InChI is InChI=1S/C15H31NO6/c1-14(2)15(17)16-4-5-19-8-9-21-12-13-22-11-10-20-7-6-18-3/h14H,4-13H2,1-3H3,(H,16,17). The second-order valence-electron chi connectivity index (χ2n) is 4.89. The smallest absolute Gasteiger partial charge is 0.222 e. The van der Waals surface area contributed by atoms with E-state index in [1.54, 1.807) is 7.11 Å². The van der Waals surface area contributed by atoms with E-state index in [0.29, 0.717) is 66.0 Å². The molecule has 0 saturated carbocycles. The largest absolute Gasteiger partial charge is 0.382 e. The van der Waals surface area contributed by atoms with Gasteiger partial charge in [-0.05, 0) is 0 Å². The summed E-state index contributed by atoms with van der Waals surface area (Å²) in [6, 6.07) is 0. The number of carbonyl (C=O) groups is 1. The van der Waals surface area contributed by atoms with Gasteiger partial charge in [0.15, 0.2) is 0 Å². The molecule has 0 heterocycles. The summed E-state index contributed by atoms with van der Waals surface area (Å²) in [5.74, 6) is 0.0527. The third-order valence-corrected chi connectivity index (χ3v) is 2.62. The van der Waals surface area contributed by atoms with Crippen LogP contribution in [0.3, 0.4) is 0 Å². The molecule has 0 aromatic heterocycles. The molecule has 0 bridgehead atoms. The molecule has 0 aliphatic carbocycles. The van der Waals surface area contributed by atoms with Crippen LogP contribution in [0, 0.1) is 5.92 Å². The van der Waals surface area contributed by atoms with Crippen molar-refractivity contribution in [2.24, 2.45) is 5.92 Å². The van der Waals surface area contributed by atoms with E-state index in [2.05, 4.69) is 5.32 Å². The second-order valence-corrected chi connectivity index (χ2v) is 4.89. The zero-order chi connectivity index (χ0) is 16.5. The predicted octanol–water partition coefficient (Wildman–Crippen LogP) is 0.471. The highest BCUT2D eigenvalue weighted by atomic mass is 16.6. The summed E-state index contributed by atoms with van der Waals surface area (Å²) >= 11 is 0. The third-order valence-electron chi connectivity index (χ3n) is 2.62. The van der Waals surface area contributed by atoms with Crippen LogP contribution in [0.2, 0.25) is 0 Å². The van der Waals surface area contributed by atoms with Gasteiger partial charge in [-0.1, -0.05) is 13.8 Å². The molecule has 1 N–H and O–H groups in total. The van der Waals surface area contributed by atoms with Gasteiger partial charge in [-0.3, -0.25) is 4.79 Å². The Morgan fingerprint density at radius 3 is 1.59 bits per heavy atom. The Morgan fingerprint density at radius 1 is 0.773 bits per heavy atom. The molecule has 0 saturated heterocycles. The average molecular weight is 321 g/mol. The van der Waals surface area contributed by atoms with Crippen LogP contribution >= 0.6 is 0 Å². The molecule has 1 amide bonds. The lowest BCUT2D eigenvalue weighted by Crippen LogP contribution is -2.31. The first-order valence-electron chi connectivity index (χ1n) is 7.76. The monoisotopic (exact) mass is 321 g/mol. The summed E-state index contributed by atoms with van der Waals surface area (Å²) in [5, 5.41) is 2.78. The van der Waals surface area contributed by atoms with Gasteiger partial charge in [-0.25, -0.2) is 0 Å². The number of amides is 1. The first-order valence-corrected chi connectivity index (χ1v) is 7.76. The van der Waals surface area contributed by atoms with Crippen molar-refractivity contribution in [3.05, 3.63) is 0 Å². The normalized spacial score (nSPS) is 11.1. The fourth-order valence-corrected chi connectivity index (χ4v) is 1.35. The maximum absolute atomic E-state index is 11.3. The first-order chi connectivity index (χ1) is 10.7. The number of methoxy groups -OCH3 is 1. The number of hydrogen-bond donors (Lipinski definition) is 1.